The van der Waals surface area contributed by atoms with Gasteiger partial charge in [0.2, 0.25) is 0 Å². The van der Waals surface area contributed by atoms with Crippen LogP contribution < -0.4 is 11.1 Å². The minimum Gasteiger partial charge on any atom is -0.395 e. The summed E-state index contributed by atoms with van der Waals surface area (Å²) >= 11 is 0. The Hall–Kier alpha value is -0.200. The number of rotatable bonds is 1. The van der Waals surface area contributed by atoms with E-state index < -0.39 is 24.4 Å². The maximum atomic E-state index is 9.12. The molecule has 1 saturated heterocycles. The Morgan fingerprint density at radius 2 is 2.00 bits per heavy atom. The van der Waals surface area contributed by atoms with E-state index in [2.05, 4.69) is 5.32 Å². The van der Waals surface area contributed by atoms with Crippen molar-refractivity contribution in [2.24, 2.45) is 5.73 Å². The SMILES string of the molecule is N[C@H]1[C@@H](O)[C@H](CO)N[C@H]1O. The molecule has 1 aliphatic rings. The molecule has 0 amide bonds. The molecule has 0 radical (unpaired) electrons. The van der Waals surface area contributed by atoms with Crippen molar-refractivity contribution in [2.75, 3.05) is 6.61 Å². The van der Waals surface area contributed by atoms with Gasteiger partial charge in [-0.1, -0.05) is 0 Å². The average molecular weight is 148 g/mol. The first-order chi connectivity index (χ1) is 4.66. The van der Waals surface area contributed by atoms with Crippen LogP contribution in [-0.2, 0) is 0 Å². The molecule has 6 N–H and O–H groups in total. The molecule has 1 aliphatic heterocycles. The molecule has 0 spiro atoms. The van der Waals surface area contributed by atoms with Gasteiger partial charge in [0, 0.05) is 0 Å². The van der Waals surface area contributed by atoms with E-state index in [-0.39, 0.29) is 6.61 Å². The Morgan fingerprint density at radius 3 is 2.20 bits per heavy atom. The zero-order chi connectivity index (χ0) is 7.72. The molecule has 5 nitrogen and oxygen atoms in total. The van der Waals surface area contributed by atoms with E-state index in [0.717, 1.165) is 0 Å². The van der Waals surface area contributed by atoms with Crippen LogP contribution in [0, 0.1) is 0 Å². The van der Waals surface area contributed by atoms with Crippen LogP contribution in [0.5, 0.6) is 0 Å². The maximum Gasteiger partial charge on any atom is 0.123 e. The molecule has 4 atom stereocenters. The van der Waals surface area contributed by atoms with Crippen molar-refractivity contribution in [3.8, 4) is 0 Å². The van der Waals surface area contributed by atoms with Gasteiger partial charge in [-0.3, -0.25) is 5.32 Å². The van der Waals surface area contributed by atoms with Crippen LogP contribution in [0.25, 0.3) is 0 Å². The summed E-state index contributed by atoms with van der Waals surface area (Å²) in [5, 5.41) is 29.2. The van der Waals surface area contributed by atoms with Gasteiger partial charge in [0.25, 0.3) is 0 Å². The molecule has 0 aromatic carbocycles. The highest BCUT2D eigenvalue weighted by Gasteiger charge is 2.37. The monoisotopic (exact) mass is 148 g/mol. The summed E-state index contributed by atoms with van der Waals surface area (Å²) in [6.45, 7) is -0.216. The van der Waals surface area contributed by atoms with E-state index >= 15 is 0 Å². The van der Waals surface area contributed by atoms with E-state index in [0.29, 0.717) is 0 Å². The predicted octanol–water partition coefficient (Wildman–Crippen LogP) is -3.04. The number of aliphatic hydroxyl groups is 3. The Bertz CT molecular complexity index is 121. The second kappa shape index (κ2) is 2.81. The standard InChI is InChI=1S/C5H12N2O3/c6-3-4(9)2(1-8)7-5(3)10/h2-5,7-10H,1,6H2/t2-,3-,4-,5-/m0/s1. The summed E-state index contributed by atoms with van der Waals surface area (Å²) in [5.41, 5.74) is 5.31. The fraction of sp³-hybridized carbons (Fsp3) is 1.00. The number of nitrogens with one attached hydrogen (secondary N) is 1. The topological polar surface area (TPSA) is 98.7 Å². The second-order valence-electron chi connectivity index (χ2n) is 2.47. The molecule has 0 aromatic heterocycles. The summed E-state index contributed by atoms with van der Waals surface area (Å²) in [4.78, 5) is 0. The highest BCUT2D eigenvalue weighted by molar-refractivity contribution is 4.95. The summed E-state index contributed by atoms with van der Waals surface area (Å²) < 4.78 is 0. The van der Waals surface area contributed by atoms with Crippen molar-refractivity contribution in [2.45, 2.75) is 24.4 Å². The van der Waals surface area contributed by atoms with E-state index in [1.54, 1.807) is 0 Å². The predicted molar refractivity (Wildman–Crippen MR) is 34.0 cm³/mol. The molecule has 60 valence electrons. The maximum absolute atomic E-state index is 9.12. The minimum absolute atomic E-state index is 0.216. The lowest BCUT2D eigenvalue weighted by Gasteiger charge is -2.12. The molecule has 0 unspecified atom stereocenters. The van der Waals surface area contributed by atoms with Crippen molar-refractivity contribution < 1.29 is 15.3 Å². The van der Waals surface area contributed by atoms with Crippen LogP contribution in [0.3, 0.4) is 0 Å². The zero-order valence-electron chi connectivity index (χ0n) is 5.44. The molecule has 0 bridgehead atoms. The van der Waals surface area contributed by atoms with Gasteiger partial charge in [-0.2, -0.15) is 0 Å². The van der Waals surface area contributed by atoms with Crippen molar-refractivity contribution >= 4 is 0 Å². The van der Waals surface area contributed by atoms with Gasteiger partial charge in [0.1, 0.15) is 6.23 Å². The van der Waals surface area contributed by atoms with Crippen molar-refractivity contribution in [1.82, 2.24) is 5.32 Å². The lowest BCUT2D eigenvalue weighted by atomic mass is 10.1. The fourth-order valence-electron chi connectivity index (χ4n) is 1.04. The Kier molecular flexibility index (Phi) is 2.22. The van der Waals surface area contributed by atoms with E-state index in [9.17, 15) is 0 Å². The molecule has 0 aromatic rings. The summed E-state index contributed by atoms with van der Waals surface area (Å²) in [6.07, 6.45) is -1.77. The molecule has 0 aliphatic carbocycles. The van der Waals surface area contributed by atoms with E-state index in [1.807, 2.05) is 0 Å². The van der Waals surface area contributed by atoms with Crippen LogP contribution in [0.15, 0.2) is 0 Å². The second-order valence-corrected chi connectivity index (χ2v) is 2.47. The number of hydrogen-bond acceptors (Lipinski definition) is 5. The molecular formula is C5H12N2O3. The first-order valence-corrected chi connectivity index (χ1v) is 3.15. The van der Waals surface area contributed by atoms with Gasteiger partial charge >= 0.3 is 0 Å². The number of hydrogen-bond donors (Lipinski definition) is 5. The smallest absolute Gasteiger partial charge is 0.123 e. The molecule has 10 heavy (non-hydrogen) atoms. The number of nitrogens with two attached hydrogens (primary N) is 1. The lowest BCUT2D eigenvalue weighted by Crippen LogP contribution is -2.41. The molecule has 5 heteroatoms. The third-order valence-electron chi connectivity index (χ3n) is 1.75. The summed E-state index contributed by atoms with van der Waals surface area (Å²) in [5.74, 6) is 0. The fourth-order valence-corrected chi connectivity index (χ4v) is 1.04. The molecule has 1 heterocycles. The van der Waals surface area contributed by atoms with Gasteiger partial charge < -0.3 is 21.1 Å². The first kappa shape index (κ1) is 7.90. The largest absolute Gasteiger partial charge is 0.395 e. The summed E-state index contributed by atoms with van der Waals surface area (Å²) in [7, 11) is 0. The summed E-state index contributed by atoms with van der Waals surface area (Å²) in [6, 6.07) is -1.19. The molecule has 1 fully saturated rings. The highest BCUT2D eigenvalue weighted by atomic mass is 16.3. The highest BCUT2D eigenvalue weighted by Crippen LogP contribution is 2.09. The van der Waals surface area contributed by atoms with Gasteiger partial charge in [-0.25, -0.2) is 0 Å². The van der Waals surface area contributed by atoms with Crippen LogP contribution in [0.2, 0.25) is 0 Å². The zero-order valence-corrected chi connectivity index (χ0v) is 5.44. The van der Waals surface area contributed by atoms with Crippen LogP contribution in [-0.4, -0.2) is 46.3 Å². The Labute approximate surface area is 58.5 Å². The first-order valence-electron chi connectivity index (χ1n) is 3.15. The van der Waals surface area contributed by atoms with Crippen molar-refractivity contribution in [1.29, 1.82) is 0 Å². The van der Waals surface area contributed by atoms with Gasteiger partial charge in [0.15, 0.2) is 0 Å². The van der Waals surface area contributed by atoms with E-state index in [1.165, 1.54) is 0 Å². The Morgan fingerprint density at radius 1 is 1.40 bits per heavy atom. The average Bonchev–Trinajstić information content (AvgIpc) is 2.17. The molecular weight excluding hydrogens is 136 g/mol. The molecule has 0 saturated carbocycles. The number of aliphatic hydroxyl groups excluding tert-OH is 3. The lowest BCUT2D eigenvalue weighted by molar-refractivity contribution is 0.0960. The van der Waals surface area contributed by atoms with Gasteiger partial charge in [0.05, 0.1) is 24.8 Å². The third-order valence-corrected chi connectivity index (χ3v) is 1.75. The van der Waals surface area contributed by atoms with Gasteiger partial charge in [-0.15, -0.1) is 0 Å². The van der Waals surface area contributed by atoms with Crippen LogP contribution >= 0.6 is 0 Å². The van der Waals surface area contributed by atoms with Gasteiger partial charge in [-0.05, 0) is 0 Å². The van der Waals surface area contributed by atoms with Crippen molar-refractivity contribution in [3.05, 3.63) is 0 Å². The normalized spacial score (nSPS) is 48.0. The van der Waals surface area contributed by atoms with Crippen LogP contribution in [0.4, 0.5) is 0 Å². The Balaban J connectivity index is 2.53. The van der Waals surface area contributed by atoms with Crippen LogP contribution in [0.1, 0.15) is 0 Å². The minimum atomic E-state index is -0.910. The quantitative estimate of drug-likeness (QED) is 0.272. The third kappa shape index (κ3) is 1.14. The molecule has 1 rings (SSSR count). The van der Waals surface area contributed by atoms with Crippen molar-refractivity contribution in [3.63, 3.8) is 0 Å². The van der Waals surface area contributed by atoms with E-state index in [4.69, 9.17) is 21.1 Å².